The third kappa shape index (κ3) is 2.77. The highest BCUT2D eigenvalue weighted by Crippen LogP contribution is 2.48. The van der Waals surface area contributed by atoms with Crippen molar-refractivity contribution in [1.29, 1.82) is 0 Å². The van der Waals surface area contributed by atoms with Crippen LogP contribution in [0.25, 0.3) is 11.3 Å². The van der Waals surface area contributed by atoms with Gasteiger partial charge in [-0.3, -0.25) is 9.48 Å². The SMILES string of the molecule is Cn1cc2c(n1)-c1ccccc1OC21CCN(C(=O)c2ccccc2C(=O)O)CC1. The van der Waals surface area contributed by atoms with Crippen molar-refractivity contribution in [3.8, 4) is 17.0 Å². The Bertz CT molecular complexity index is 1160. The van der Waals surface area contributed by atoms with Gasteiger partial charge in [0.25, 0.3) is 5.91 Å². The van der Waals surface area contributed by atoms with E-state index < -0.39 is 11.6 Å². The fourth-order valence-corrected chi connectivity index (χ4v) is 4.51. The molecule has 0 aliphatic carbocycles. The number of hydrogen-bond donors (Lipinski definition) is 1. The molecule has 7 heteroatoms. The third-order valence-electron chi connectivity index (χ3n) is 6.01. The molecule has 0 radical (unpaired) electrons. The second kappa shape index (κ2) is 6.73. The van der Waals surface area contributed by atoms with Crippen LogP contribution in [-0.2, 0) is 12.6 Å². The van der Waals surface area contributed by atoms with Gasteiger partial charge >= 0.3 is 5.97 Å². The number of nitrogens with zero attached hydrogens (tertiary/aromatic N) is 3. The van der Waals surface area contributed by atoms with Crippen molar-refractivity contribution >= 4 is 11.9 Å². The molecule has 0 saturated carbocycles. The van der Waals surface area contributed by atoms with E-state index in [0.29, 0.717) is 25.9 Å². The third-order valence-corrected chi connectivity index (χ3v) is 6.01. The van der Waals surface area contributed by atoms with E-state index in [2.05, 4.69) is 5.10 Å². The Hall–Kier alpha value is -3.61. The van der Waals surface area contributed by atoms with E-state index in [1.807, 2.05) is 37.5 Å². The molecule has 1 aromatic heterocycles. The van der Waals surface area contributed by atoms with Gasteiger partial charge in [0.05, 0.1) is 11.1 Å². The first-order chi connectivity index (χ1) is 14.5. The van der Waals surface area contributed by atoms with Gasteiger partial charge in [0, 0.05) is 50.3 Å². The zero-order valence-corrected chi connectivity index (χ0v) is 16.5. The number of carbonyl (C=O) groups excluding carboxylic acids is 1. The standard InChI is InChI=1S/C23H21N3O4/c1-25-14-18-20(24-25)17-8-4-5-9-19(17)30-23(18)10-12-26(13-11-23)21(27)15-6-2-3-7-16(15)22(28)29/h2-9,14H,10-13H2,1H3,(H,28,29). The van der Waals surface area contributed by atoms with Gasteiger partial charge in [-0.25, -0.2) is 4.79 Å². The Labute approximate surface area is 173 Å². The van der Waals surface area contributed by atoms with E-state index >= 15 is 0 Å². The maximum Gasteiger partial charge on any atom is 0.336 e. The average molecular weight is 403 g/mol. The van der Waals surface area contributed by atoms with Crippen molar-refractivity contribution in [3.05, 3.63) is 71.4 Å². The molecule has 1 saturated heterocycles. The van der Waals surface area contributed by atoms with Crippen LogP contribution in [0.15, 0.2) is 54.7 Å². The highest BCUT2D eigenvalue weighted by atomic mass is 16.5. The van der Waals surface area contributed by atoms with Crippen molar-refractivity contribution < 1.29 is 19.4 Å². The molecule has 1 N–H and O–H groups in total. The molecular formula is C23H21N3O4. The minimum atomic E-state index is -1.10. The van der Waals surface area contributed by atoms with Gasteiger partial charge in [-0.2, -0.15) is 5.10 Å². The van der Waals surface area contributed by atoms with Crippen molar-refractivity contribution in [2.75, 3.05) is 13.1 Å². The van der Waals surface area contributed by atoms with Gasteiger partial charge < -0.3 is 14.7 Å². The van der Waals surface area contributed by atoms with E-state index in [-0.39, 0.29) is 17.0 Å². The number of aromatic carboxylic acids is 1. The minimum absolute atomic E-state index is 0.0279. The molecule has 0 atom stereocenters. The van der Waals surface area contributed by atoms with Gasteiger partial charge in [-0.1, -0.05) is 24.3 Å². The fourth-order valence-electron chi connectivity index (χ4n) is 4.51. The summed E-state index contributed by atoms with van der Waals surface area (Å²) in [5.41, 5.74) is 2.66. The molecule has 5 rings (SSSR count). The number of hydrogen-bond acceptors (Lipinski definition) is 4. The lowest BCUT2D eigenvalue weighted by Gasteiger charge is -2.44. The number of amides is 1. The molecule has 7 nitrogen and oxygen atoms in total. The topological polar surface area (TPSA) is 84.7 Å². The number of aryl methyl sites for hydroxylation is 1. The van der Waals surface area contributed by atoms with Crippen LogP contribution in [0.3, 0.4) is 0 Å². The molecule has 0 bridgehead atoms. The number of para-hydroxylation sites is 1. The monoisotopic (exact) mass is 403 g/mol. The van der Waals surface area contributed by atoms with Crippen LogP contribution in [0.4, 0.5) is 0 Å². The van der Waals surface area contributed by atoms with E-state index in [1.165, 1.54) is 6.07 Å². The summed E-state index contributed by atoms with van der Waals surface area (Å²) in [5, 5.41) is 14.1. The van der Waals surface area contributed by atoms with Crippen molar-refractivity contribution in [2.24, 2.45) is 7.05 Å². The number of carbonyl (C=O) groups is 2. The van der Waals surface area contributed by atoms with E-state index in [1.54, 1.807) is 27.8 Å². The largest absolute Gasteiger partial charge is 0.482 e. The number of carboxylic acids is 1. The lowest BCUT2D eigenvalue weighted by Crippen LogP contribution is -2.49. The lowest BCUT2D eigenvalue weighted by atomic mass is 9.81. The number of aromatic nitrogens is 2. The minimum Gasteiger partial charge on any atom is -0.482 e. The molecule has 3 aromatic rings. The molecule has 3 heterocycles. The zero-order chi connectivity index (χ0) is 20.9. The van der Waals surface area contributed by atoms with Gasteiger partial charge in [0.2, 0.25) is 0 Å². The molecular weight excluding hydrogens is 382 g/mol. The Kier molecular flexibility index (Phi) is 4.13. The summed E-state index contributed by atoms with van der Waals surface area (Å²) in [4.78, 5) is 26.3. The second-order valence-corrected chi connectivity index (χ2v) is 7.80. The fraction of sp³-hybridized carbons (Fsp3) is 0.261. The molecule has 2 aromatic carbocycles. The summed E-state index contributed by atoms with van der Waals surface area (Å²) in [5.74, 6) is -0.551. The quantitative estimate of drug-likeness (QED) is 0.710. The van der Waals surface area contributed by atoms with Crippen LogP contribution < -0.4 is 4.74 Å². The van der Waals surface area contributed by atoms with Crippen LogP contribution in [0.1, 0.15) is 39.1 Å². The van der Waals surface area contributed by atoms with Crippen molar-refractivity contribution in [1.82, 2.24) is 14.7 Å². The molecule has 2 aliphatic rings. The van der Waals surface area contributed by atoms with Crippen LogP contribution >= 0.6 is 0 Å². The van der Waals surface area contributed by atoms with Crippen molar-refractivity contribution in [3.63, 3.8) is 0 Å². The number of carboxylic acid groups (broad SMARTS) is 1. The summed E-state index contributed by atoms with van der Waals surface area (Å²) < 4.78 is 8.31. The van der Waals surface area contributed by atoms with Crippen molar-refractivity contribution in [2.45, 2.75) is 18.4 Å². The Balaban J connectivity index is 1.44. The highest BCUT2D eigenvalue weighted by Gasteiger charge is 2.46. The van der Waals surface area contributed by atoms with Gasteiger partial charge in [-0.05, 0) is 24.3 Å². The molecule has 1 amide bonds. The normalized spacial score (nSPS) is 16.5. The predicted molar refractivity (Wildman–Crippen MR) is 109 cm³/mol. The number of rotatable bonds is 2. The number of likely N-dealkylation sites (tertiary alicyclic amines) is 1. The first-order valence-corrected chi connectivity index (χ1v) is 9.93. The second-order valence-electron chi connectivity index (χ2n) is 7.80. The molecule has 0 unspecified atom stereocenters. The maximum absolute atomic E-state index is 13.0. The highest BCUT2D eigenvalue weighted by molar-refractivity contribution is 6.04. The first kappa shape index (κ1) is 18.4. The summed E-state index contributed by atoms with van der Waals surface area (Å²) in [7, 11) is 1.90. The summed E-state index contributed by atoms with van der Waals surface area (Å²) >= 11 is 0. The van der Waals surface area contributed by atoms with Gasteiger partial charge in [0.15, 0.2) is 0 Å². The molecule has 30 heavy (non-hydrogen) atoms. The van der Waals surface area contributed by atoms with Gasteiger partial charge in [0.1, 0.15) is 17.0 Å². The molecule has 1 spiro atoms. The Morgan fingerprint density at radius 3 is 2.43 bits per heavy atom. The lowest BCUT2D eigenvalue weighted by molar-refractivity contribution is -0.00176. The molecule has 2 aliphatic heterocycles. The first-order valence-electron chi connectivity index (χ1n) is 9.93. The van der Waals surface area contributed by atoms with Crippen LogP contribution in [-0.4, -0.2) is 44.8 Å². The van der Waals surface area contributed by atoms with E-state index in [0.717, 1.165) is 22.6 Å². The Morgan fingerprint density at radius 2 is 1.70 bits per heavy atom. The summed E-state index contributed by atoms with van der Waals surface area (Å²) in [6, 6.07) is 14.2. The maximum atomic E-state index is 13.0. The van der Waals surface area contributed by atoms with E-state index in [9.17, 15) is 14.7 Å². The van der Waals surface area contributed by atoms with Gasteiger partial charge in [-0.15, -0.1) is 0 Å². The smallest absolute Gasteiger partial charge is 0.336 e. The Morgan fingerprint density at radius 1 is 1.03 bits per heavy atom. The summed E-state index contributed by atoms with van der Waals surface area (Å²) in [6.45, 7) is 0.951. The number of benzene rings is 2. The molecule has 1 fully saturated rings. The number of piperidine rings is 1. The number of ether oxygens (including phenoxy) is 1. The molecule has 152 valence electrons. The average Bonchev–Trinajstić information content (AvgIpc) is 3.17. The van der Waals surface area contributed by atoms with Crippen LogP contribution in [0.5, 0.6) is 5.75 Å². The summed E-state index contributed by atoms with van der Waals surface area (Å²) in [6.07, 6.45) is 3.23. The number of fused-ring (bicyclic) bond motifs is 4. The van der Waals surface area contributed by atoms with E-state index in [4.69, 9.17) is 4.74 Å². The van der Waals surface area contributed by atoms with Crippen LogP contribution in [0.2, 0.25) is 0 Å². The zero-order valence-electron chi connectivity index (χ0n) is 16.5. The predicted octanol–water partition coefficient (Wildman–Crippen LogP) is 3.31. The van der Waals surface area contributed by atoms with Crippen LogP contribution in [0, 0.1) is 0 Å².